The minimum Gasteiger partial charge on any atom is -0.444 e. The molecule has 18 heavy (non-hydrogen) atoms. The number of furan rings is 1. The minimum atomic E-state index is -0.346. The first kappa shape index (κ1) is 13.6. The lowest BCUT2D eigenvalue weighted by Crippen LogP contribution is -2.58. The monoisotopic (exact) mass is 315 g/mol. The highest BCUT2D eigenvalue weighted by atomic mass is 79.9. The summed E-state index contributed by atoms with van der Waals surface area (Å²) in [7, 11) is 0. The van der Waals surface area contributed by atoms with E-state index in [1.54, 1.807) is 17.0 Å². The second kappa shape index (κ2) is 4.38. The van der Waals surface area contributed by atoms with Crippen molar-refractivity contribution in [3.05, 3.63) is 22.6 Å². The van der Waals surface area contributed by atoms with E-state index in [0.717, 1.165) is 0 Å². The maximum absolute atomic E-state index is 12.3. The van der Waals surface area contributed by atoms with Crippen LogP contribution in [0.1, 0.15) is 38.2 Å². The van der Waals surface area contributed by atoms with Crippen molar-refractivity contribution in [2.75, 3.05) is 13.1 Å². The summed E-state index contributed by atoms with van der Waals surface area (Å²) in [6, 6.07) is 3.41. The third kappa shape index (κ3) is 2.95. The molecule has 0 spiro atoms. The van der Waals surface area contributed by atoms with Crippen molar-refractivity contribution in [2.24, 2.45) is 0 Å². The Morgan fingerprint density at radius 3 is 2.22 bits per heavy atom. The molecule has 0 atom stereocenters. The molecular weight excluding hydrogens is 298 g/mol. The lowest BCUT2D eigenvalue weighted by Gasteiger charge is -2.46. The molecule has 1 amide bonds. The first-order valence-electron chi connectivity index (χ1n) is 5.93. The molecule has 1 saturated heterocycles. The molecule has 0 saturated carbocycles. The van der Waals surface area contributed by atoms with Gasteiger partial charge >= 0.3 is 0 Å². The number of carbonyl (C=O) groups excluding carboxylic acids is 1. The SMILES string of the molecule is CC1(C)CN(C(=O)c2ccc(Br)o2)CC(C)(C)O1. The van der Waals surface area contributed by atoms with Gasteiger partial charge in [0, 0.05) is 13.1 Å². The van der Waals surface area contributed by atoms with Crippen molar-refractivity contribution < 1.29 is 13.9 Å². The topological polar surface area (TPSA) is 42.7 Å². The zero-order chi connectivity index (χ0) is 13.6. The van der Waals surface area contributed by atoms with Gasteiger partial charge in [0.05, 0.1) is 11.2 Å². The fourth-order valence-corrected chi connectivity index (χ4v) is 2.82. The van der Waals surface area contributed by atoms with Crippen LogP contribution in [0.4, 0.5) is 0 Å². The number of halogens is 1. The van der Waals surface area contributed by atoms with E-state index < -0.39 is 0 Å². The van der Waals surface area contributed by atoms with Gasteiger partial charge in [0.2, 0.25) is 0 Å². The highest BCUT2D eigenvalue weighted by Gasteiger charge is 2.40. The molecule has 1 aliphatic heterocycles. The van der Waals surface area contributed by atoms with Gasteiger partial charge in [-0.15, -0.1) is 0 Å². The van der Waals surface area contributed by atoms with Crippen LogP contribution in [0.15, 0.2) is 21.2 Å². The van der Waals surface area contributed by atoms with Crippen molar-refractivity contribution in [1.82, 2.24) is 4.90 Å². The summed E-state index contributed by atoms with van der Waals surface area (Å²) in [6.45, 7) is 9.10. The molecule has 0 aromatic carbocycles. The Kier molecular flexibility index (Phi) is 3.32. The van der Waals surface area contributed by atoms with Crippen LogP contribution in [0.5, 0.6) is 0 Å². The van der Waals surface area contributed by atoms with Crippen LogP contribution in [0.25, 0.3) is 0 Å². The van der Waals surface area contributed by atoms with Gasteiger partial charge in [0.25, 0.3) is 5.91 Å². The molecule has 100 valence electrons. The first-order valence-corrected chi connectivity index (χ1v) is 6.73. The molecular formula is C13H18BrNO3. The van der Waals surface area contributed by atoms with Crippen LogP contribution in [0.3, 0.4) is 0 Å². The number of nitrogens with zero attached hydrogens (tertiary/aromatic N) is 1. The lowest BCUT2D eigenvalue weighted by atomic mass is 9.99. The molecule has 1 fully saturated rings. The largest absolute Gasteiger partial charge is 0.444 e. The minimum absolute atomic E-state index is 0.0925. The molecule has 2 heterocycles. The van der Waals surface area contributed by atoms with Gasteiger partial charge in [-0.1, -0.05) is 0 Å². The maximum Gasteiger partial charge on any atom is 0.289 e. The lowest BCUT2D eigenvalue weighted by molar-refractivity contribution is -0.171. The van der Waals surface area contributed by atoms with E-state index in [1.165, 1.54) is 0 Å². The standard InChI is InChI=1S/C13H18BrNO3/c1-12(2)7-15(8-13(3,4)18-12)11(16)9-5-6-10(14)17-9/h5-6H,7-8H2,1-4H3. The average Bonchev–Trinajstić information content (AvgIpc) is 2.58. The number of ether oxygens (including phenoxy) is 1. The summed E-state index contributed by atoms with van der Waals surface area (Å²) in [6.07, 6.45) is 0. The predicted octanol–water partition coefficient (Wildman–Crippen LogP) is 3.07. The molecule has 1 aromatic heterocycles. The Hall–Kier alpha value is -0.810. The molecule has 0 radical (unpaired) electrons. The van der Waals surface area contributed by atoms with Gasteiger partial charge < -0.3 is 14.1 Å². The zero-order valence-electron chi connectivity index (χ0n) is 11.1. The number of hydrogen-bond donors (Lipinski definition) is 0. The smallest absolute Gasteiger partial charge is 0.289 e. The van der Waals surface area contributed by atoms with Crippen LogP contribution in [-0.4, -0.2) is 35.1 Å². The normalized spacial score (nSPS) is 21.9. The van der Waals surface area contributed by atoms with E-state index in [1.807, 2.05) is 27.7 Å². The van der Waals surface area contributed by atoms with Gasteiger partial charge in [-0.3, -0.25) is 4.79 Å². The third-order valence-electron chi connectivity index (χ3n) is 2.77. The summed E-state index contributed by atoms with van der Waals surface area (Å²) in [5, 5.41) is 0. The fraction of sp³-hybridized carbons (Fsp3) is 0.615. The van der Waals surface area contributed by atoms with Crippen molar-refractivity contribution in [3.8, 4) is 0 Å². The van der Waals surface area contributed by atoms with E-state index in [4.69, 9.17) is 9.15 Å². The van der Waals surface area contributed by atoms with Gasteiger partial charge in [-0.25, -0.2) is 0 Å². The Bertz CT molecular complexity index is 449. The van der Waals surface area contributed by atoms with E-state index in [2.05, 4.69) is 15.9 Å². The molecule has 4 nitrogen and oxygen atoms in total. The first-order chi connectivity index (χ1) is 8.19. The summed E-state index contributed by atoms with van der Waals surface area (Å²) < 4.78 is 11.8. The molecule has 0 bridgehead atoms. The summed E-state index contributed by atoms with van der Waals surface area (Å²) in [4.78, 5) is 14.1. The van der Waals surface area contributed by atoms with Crippen molar-refractivity contribution in [1.29, 1.82) is 0 Å². The molecule has 0 N–H and O–H groups in total. The van der Waals surface area contributed by atoms with Crippen LogP contribution in [0.2, 0.25) is 0 Å². The van der Waals surface area contributed by atoms with Crippen LogP contribution >= 0.6 is 15.9 Å². The highest BCUT2D eigenvalue weighted by molar-refractivity contribution is 9.10. The quantitative estimate of drug-likeness (QED) is 0.800. The maximum atomic E-state index is 12.3. The van der Waals surface area contributed by atoms with Crippen LogP contribution in [0, 0.1) is 0 Å². The van der Waals surface area contributed by atoms with Gasteiger partial charge in [-0.05, 0) is 55.8 Å². The number of morpholine rings is 1. The summed E-state index contributed by atoms with van der Waals surface area (Å²) in [5.41, 5.74) is -0.692. The second-order valence-corrected chi connectivity index (χ2v) is 6.67. The highest BCUT2D eigenvalue weighted by Crippen LogP contribution is 2.29. The van der Waals surface area contributed by atoms with E-state index in [9.17, 15) is 4.79 Å². The van der Waals surface area contributed by atoms with E-state index >= 15 is 0 Å². The fourth-order valence-electron chi connectivity index (χ4n) is 2.52. The molecule has 2 rings (SSSR count). The van der Waals surface area contributed by atoms with Crippen molar-refractivity contribution >= 4 is 21.8 Å². The Morgan fingerprint density at radius 1 is 1.22 bits per heavy atom. The number of amides is 1. The summed E-state index contributed by atoms with van der Waals surface area (Å²) in [5.74, 6) is 0.264. The predicted molar refractivity (Wildman–Crippen MR) is 71.6 cm³/mol. The van der Waals surface area contributed by atoms with E-state index in [0.29, 0.717) is 23.5 Å². The Balaban J connectivity index is 2.20. The Labute approximate surface area is 115 Å². The molecule has 0 aliphatic carbocycles. The zero-order valence-corrected chi connectivity index (χ0v) is 12.7. The molecule has 1 aliphatic rings. The number of rotatable bonds is 1. The third-order valence-corrected chi connectivity index (χ3v) is 3.19. The molecule has 5 heteroatoms. The Morgan fingerprint density at radius 2 is 1.78 bits per heavy atom. The second-order valence-electron chi connectivity index (χ2n) is 5.89. The number of hydrogen-bond acceptors (Lipinski definition) is 3. The average molecular weight is 316 g/mol. The molecule has 1 aromatic rings. The summed E-state index contributed by atoms with van der Waals surface area (Å²) >= 11 is 3.21. The van der Waals surface area contributed by atoms with E-state index in [-0.39, 0.29) is 17.1 Å². The van der Waals surface area contributed by atoms with Crippen LogP contribution < -0.4 is 0 Å². The van der Waals surface area contributed by atoms with Gasteiger partial charge in [0.15, 0.2) is 10.4 Å². The van der Waals surface area contributed by atoms with Crippen LogP contribution in [-0.2, 0) is 4.74 Å². The number of carbonyl (C=O) groups is 1. The van der Waals surface area contributed by atoms with Crippen molar-refractivity contribution in [3.63, 3.8) is 0 Å². The van der Waals surface area contributed by atoms with Gasteiger partial charge in [0.1, 0.15) is 0 Å². The van der Waals surface area contributed by atoms with Gasteiger partial charge in [-0.2, -0.15) is 0 Å². The van der Waals surface area contributed by atoms with Crippen molar-refractivity contribution in [2.45, 2.75) is 38.9 Å². The molecule has 0 unspecified atom stereocenters.